The lowest BCUT2D eigenvalue weighted by Crippen LogP contribution is -2.22. The van der Waals surface area contributed by atoms with E-state index in [4.69, 9.17) is 0 Å². The van der Waals surface area contributed by atoms with Gasteiger partial charge in [0.15, 0.2) is 0 Å². The summed E-state index contributed by atoms with van der Waals surface area (Å²) in [5.41, 5.74) is 0.938. The zero-order valence-corrected chi connectivity index (χ0v) is 13.1. The molecule has 0 fully saturated rings. The molecule has 0 saturated carbocycles. The molecule has 0 atom stereocenters. The van der Waals surface area contributed by atoms with Crippen LogP contribution < -0.4 is 16.6 Å². The molecule has 2 rings (SSSR count). The third-order valence-electron chi connectivity index (χ3n) is 3.16. The molecule has 23 heavy (non-hydrogen) atoms. The number of aromatic nitrogens is 2. The van der Waals surface area contributed by atoms with Gasteiger partial charge in [-0.3, -0.25) is 14.8 Å². The van der Waals surface area contributed by atoms with Crippen molar-refractivity contribution in [1.82, 2.24) is 9.97 Å². The van der Waals surface area contributed by atoms with E-state index in [1.165, 1.54) is 6.07 Å². The Labute approximate surface area is 134 Å². The molecule has 1 aromatic carbocycles. The fourth-order valence-corrected chi connectivity index (χ4v) is 2.07. The molecule has 2 aromatic rings. The molecular weight excluding hydrogens is 290 g/mol. The van der Waals surface area contributed by atoms with Crippen LogP contribution in [0.4, 0.5) is 11.5 Å². The number of rotatable bonds is 7. The van der Waals surface area contributed by atoms with Crippen molar-refractivity contribution in [3.05, 3.63) is 75.0 Å². The summed E-state index contributed by atoms with van der Waals surface area (Å²) in [7, 11) is 0. The second-order valence-corrected chi connectivity index (χ2v) is 5.11. The second kappa shape index (κ2) is 8.58. The molecule has 1 heterocycles. The third kappa shape index (κ3) is 5.82. The molecule has 0 radical (unpaired) electrons. The van der Waals surface area contributed by atoms with Crippen LogP contribution in [0.15, 0.2) is 58.1 Å². The van der Waals surface area contributed by atoms with Gasteiger partial charge in [0.25, 0.3) is 5.56 Å². The molecule has 0 unspecified atom stereocenters. The van der Waals surface area contributed by atoms with Crippen molar-refractivity contribution in [3.8, 4) is 0 Å². The van der Waals surface area contributed by atoms with Gasteiger partial charge in [-0.15, -0.1) is 0 Å². The quantitative estimate of drug-likeness (QED) is 0.540. The predicted molar refractivity (Wildman–Crippen MR) is 95.1 cm³/mol. The van der Waals surface area contributed by atoms with Crippen LogP contribution in [0.3, 0.4) is 0 Å². The number of allylic oxidation sites excluding steroid dienone is 3. The van der Waals surface area contributed by atoms with Crippen molar-refractivity contribution >= 4 is 17.6 Å². The lowest BCUT2D eigenvalue weighted by molar-refractivity contribution is 1.04. The van der Waals surface area contributed by atoms with E-state index in [2.05, 4.69) is 46.5 Å². The number of anilines is 2. The number of hydrogen-bond acceptors (Lipinski definition) is 3. The highest BCUT2D eigenvalue weighted by atomic mass is 16.2. The summed E-state index contributed by atoms with van der Waals surface area (Å²) >= 11 is 0. The Morgan fingerprint density at radius 3 is 2.43 bits per heavy atom. The maximum Gasteiger partial charge on any atom is 0.327 e. The van der Waals surface area contributed by atoms with Gasteiger partial charge in [-0.25, -0.2) is 4.79 Å². The van der Waals surface area contributed by atoms with E-state index >= 15 is 0 Å². The highest BCUT2D eigenvalue weighted by molar-refractivity contribution is 5.59. The van der Waals surface area contributed by atoms with Crippen LogP contribution >= 0.6 is 0 Å². The SMILES string of the molecule is CC/C=C/CC/C=C/c1ccc(Nc2cc(=O)[nH]c(=O)[nH]2)cc1. The number of H-pyrrole nitrogens is 2. The summed E-state index contributed by atoms with van der Waals surface area (Å²) in [4.78, 5) is 27.1. The number of unbranched alkanes of at least 4 members (excludes halogenated alkanes) is 1. The summed E-state index contributed by atoms with van der Waals surface area (Å²) in [5, 5.41) is 2.99. The van der Waals surface area contributed by atoms with E-state index in [1.54, 1.807) is 0 Å². The van der Waals surface area contributed by atoms with Gasteiger partial charge in [-0.2, -0.15) is 0 Å². The molecule has 3 N–H and O–H groups in total. The molecule has 0 spiro atoms. The van der Waals surface area contributed by atoms with E-state index < -0.39 is 11.2 Å². The predicted octanol–water partition coefficient (Wildman–Crippen LogP) is 3.57. The molecule has 1 aromatic heterocycles. The smallest absolute Gasteiger partial charge is 0.327 e. The maximum absolute atomic E-state index is 11.2. The highest BCUT2D eigenvalue weighted by Crippen LogP contribution is 2.14. The molecule has 5 nitrogen and oxygen atoms in total. The van der Waals surface area contributed by atoms with Crippen LogP contribution in [0.5, 0.6) is 0 Å². The standard InChI is InChI=1S/C18H21N3O2/c1-2-3-4-5-6-7-8-14-9-11-15(12-10-14)19-16-13-17(22)21-18(23)20-16/h3-4,7-13H,2,5-6H2,1H3,(H3,19,20,21,22,23)/b4-3+,8-7+. The Hall–Kier alpha value is -2.82. The van der Waals surface area contributed by atoms with Gasteiger partial charge in [-0.1, -0.05) is 43.4 Å². The Morgan fingerprint density at radius 2 is 1.74 bits per heavy atom. The summed E-state index contributed by atoms with van der Waals surface area (Å²) in [6.45, 7) is 2.13. The second-order valence-electron chi connectivity index (χ2n) is 5.11. The maximum atomic E-state index is 11.2. The molecule has 0 amide bonds. The lowest BCUT2D eigenvalue weighted by atomic mass is 10.1. The van der Waals surface area contributed by atoms with E-state index in [0.29, 0.717) is 5.82 Å². The zero-order chi connectivity index (χ0) is 16.5. The number of nitrogens with one attached hydrogen (secondary N) is 3. The van der Waals surface area contributed by atoms with Crippen LogP contribution in [-0.4, -0.2) is 9.97 Å². The summed E-state index contributed by atoms with van der Waals surface area (Å²) in [6, 6.07) is 9.06. The molecule has 0 aliphatic rings. The van der Waals surface area contributed by atoms with Crippen LogP contribution in [0.1, 0.15) is 31.7 Å². The molecular formula is C18H21N3O2. The number of hydrogen-bond donors (Lipinski definition) is 3. The average molecular weight is 311 g/mol. The third-order valence-corrected chi connectivity index (χ3v) is 3.16. The topological polar surface area (TPSA) is 77.8 Å². The van der Waals surface area contributed by atoms with Gasteiger partial charge < -0.3 is 5.32 Å². The molecule has 0 bridgehead atoms. The summed E-state index contributed by atoms with van der Waals surface area (Å²) < 4.78 is 0. The van der Waals surface area contributed by atoms with E-state index in [9.17, 15) is 9.59 Å². The first kappa shape index (κ1) is 16.5. The first-order valence-electron chi connectivity index (χ1n) is 7.69. The van der Waals surface area contributed by atoms with Gasteiger partial charge in [0.05, 0.1) is 0 Å². The van der Waals surface area contributed by atoms with Gasteiger partial charge in [0, 0.05) is 11.8 Å². The monoisotopic (exact) mass is 311 g/mol. The summed E-state index contributed by atoms with van der Waals surface area (Å²) in [5.74, 6) is 0.366. The molecule has 0 saturated heterocycles. The van der Waals surface area contributed by atoms with Gasteiger partial charge in [-0.05, 0) is 37.0 Å². The fraction of sp³-hybridized carbons (Fsp3) is 0.222. The highest BCUT2D eigenvalue weighted by Gasteiger charge is 1.97. The van der Waals surface area contributed by atoms with Crippen molar-refractivity contribution in [2.24, 2.45) is 0 Å². The van der Waals surface area contributed by atoms with Crippen molar-refractivity contribution in [3.63, 3.8) is 0 Å². The van der Waals surface area contributed by atoms with E-state index in [0.717, 1.165) is 30.5 Å². The minimum atomic E-state index is -0.531. The number of benzene rings is 1. The lowest BCUT2D eigenvalue weighted by Gasteiger charge is -2.05. The van der Waals surface area contributed by atoms with Crippen molar-refractivity contribution < 1.29 is 0 Å². The Bertz CT molecular complexity index is 755. The average Bonchev–Trinajstić information content (AvgIpc) is 2.51. The van der Waals surface area contributed by atoms with Gasteiger partial charge in [0.2, 0.25) is 0 Å². The van der Waals surface area contributed by atoms with Gasteiger partial charge in [0.1, 0.15) is 5.82 Å². The van der Waals surface area contributed by atoms with Crippen LogP contribution in [0, 0.1) is 0 Å². The molecule has 0 aliphatic heterocycles. The van der Waals surface area contributed by atoms with Crippen LogP contribution in [0.25, 0.3) is 6.08 Å². The largest absolute Gasteiger partial charge is 0.342 e. The minimum absolute atomic E-state index is 0.366. The molecule has 0 aliphatic carbocycles. The van der Waals surface area contributed by atoms with E-state index in [1.807, 2.05) is 24.3 Å². The fourth-order valence-electron chi connectivity index (χ4n) is 2.07. The molecule has 120 valence electrons. The first-order chi connectivity index (χ1) is 11.2. The minimum Gasteiger partial charge on any atom is -0.342 e. The Kier molecular flexibility index (Phi) is 6.17. The number of aromatic amines is 2. The normalized spacial score (nSPS) is 11.3. The Morgan fingerprint density at radius 1 is 1.00 bits per heavy atom. The van der Waals surface area contributed by atoms with Gasteiger partial charge >= 0.3 is 5.69 Å². The van der Waals surface area contributed by atoms with Crippen LogP contribution in [-0.2, 0) is 0 Å². The van der Waals surface area contributed by atoms with Crippen LogP contribution in [0.2, 0.25) is 0 Å². The van der Waals surface area contributed by atoms with Crippen molar-refractivity contribution in [1.29, 1.82) is 0 Å². The summed E-state index contributed by atoms with van der Waals surface area (Å²) in [6.07, 6.45) is 11.8. The van der Waals surface area contributed by atoms with E-state index in [-0.39, 0.29) is 0 Å². The van der Waals surface area contributed by atoms with Crippen molar-refractivity contribution in [2.75, 3.05) is 5.32 Å². The Balaban J connectivity index is 1.94. The first-order valence-corrected chi connectivity index (χ1v) is 7.69. The van der Waals surface area contributed by atoms with Crippen molar-refractivity contribution in [2.45, 2.75) is 26.2 Å². The molecule has 5 heteroatoms. The zero-order valence-electron chi connectivity index (χ0n) is 13.1.